The molecule has 1 aliphatic rings. The van der Waals surface area contributed by atoms with Crippen LogP contribution in [0.25, 0.3) is 88.9 Å². The molecule has 0 fully saturated rings. The molecule has 2 atom stereocenters. The molecule has 13 rings (SSSR count). The molecule has 80 heavy (non-hydrogen) atoms. The van der Waals surface area contributed by atoms with E-state index in [4.69, 9.17) is 13.8 Å². The molecule has 9 aromatic carbocycles. The molecule has 5 nitrogen and oxygen atoms in total. The summed E-state index contributed by atoms with van der Waals surface area (Å²) in [6, 6.07) is 77.6. The second-order valence-corrected chi connectivity index (χ2v) is 24.6. The average molecular weight is 1220 g/mol. The van der Waals surface area contributed by atoms with Crippen LogP contribution >= 0.6 is 0 Å². The second-order valence-electron chi connectivity index (χ2n) is 23.6. The zero-order valence-corrected chi connectivity index (χ0v) is 48.5. The third-order valence-electron chi connectivity index (χ3n) is 16.3. The molecule has 0 saturated carbocycles. The Hall–Kier alpha value is -8.11. The first kappa shape index (κ1) is 47.9. The number of hydrogen-bond acceptors (Lipinski definition) is 2. The van der Waals surface area contributed by atoms with E-state index in [2.05, 4.69) is 223 Å². The van der Waals surface area contributed by atoms with Crippen LogP contribution in [0.4, 0.5) is 0 Å². The van der Waals surface area contributed by atoms with Crippen molar-refractivity contribution >= 4 is 32.8 Å². The van der Waals surface area contributed by atoms with Gasteiger partial charge in [-0.25, -0.2) is 4.98 Å². The molecule has 398 valence electrons. The van der Waals surface area contributed by atoms with Crippen LogP contribution in [0.15, 0.2) is 206 Å². The maximum atomic E-state index is 8.72. The minimum absolute atomic E-state index is 0.0578. The Bertz CT molecular complexity index is 4490. The average Bonchev–Trinajstić information content (AvgIpc) is 2.01. The van der Waals surface area contributed by atoms with E-state index < -0.39 is 6.85 Å². The minimum Gasteiger partial charge on any atom is -0.238 e. The minimum atomic E-state index is -2.41. The molecule has 0 N–H and O–H groups in total. The fraction of sp³-hybridized carbons (Fsp3) is 0.189. The van der Waals surface area contributed by atoms with E-state index in [0.29, 0.717) is 28.8 Å². The zero-order chi connectivity index (χ0) is 57.5. The SMILES string of the molecule is [2H]C([2H])([2H])c1cc(-n2c3[c-]c(Oc4[c-]c5c(cc4)C(C)CCC5n4[c](=[Pt])n(-c5c(-c6ccccc6)cccc5-c5cc(C(C)(C)C)cc(C(C)(C)C)c5)c5ccccc54)ccc3c3cc(-c4ccccc4)ccc32)ncc1-c1ccccc1. The summed E-state index contributed by atoms with van der Waals surface area (Å²) in [5.41, 5.74) is 18.3. The van der Waals surface area contributed by atoms with Crippen molar-refractivity contribution in [1.82, 2.24) is 18.7 Å². The third-order valence-corrected chi connectivity index (χ3v) is 17.3. The summed E-state index contributed by atoms with van der Waals surface area (Å²) in [4.78, 5) is 5.01. The number of benzene rings is 9. The molecule has 0 amide bonds. The number of ether oxygens (including phenoxy) is 1. The molecule has 0 aliphatic heterocycles. The predicted molar refractivity (Wildman–Crippen MR) is 327 cm³/mol. The number of imidazole rings is 1. The Morgan fingerprint density at radius 3 is 1.82 bits per heavy atom. The molecule has 0 bridgehead atoms. The number of rotatable bonds is 9. The van der Waals surface area contributed by atoms with E-state index in [0.717, 1.165) is 88.6 Å². The Morgan fingerprint density at radius 1 is 0.537 bits per heavy atom. The number of para-hydroxylation sites is 3. The van der Waals surface area contributed by atoms with Crippen LogP contribution in [0.5, 0.6) is 11.5 Å². The van der Waals surface area contributed by atoms with Gasteiger partial charge in [-0.3, -0.25) is 0 Å². The fourth-order valence-corrected chi connectivity index (χ4v) is 13.1. The van der Waals surface area contributed by atoms with Crippen LogP contribution < -0.4 is 4.74 Å². The molecule has 12 aromatic rings. The van der Waals surface area contributed by atoms with Crippen molar-refractivity contribution in [2.24, 2.45) is 0 Å². The number of aromatic nitrogens is 4. The monoisotopic (exact) mass is 1220 g/mol. The summed E-state index contributed by atoms with van der Waals surface area (Å²) >= 11 is 2.59. The van der Waals surface area contributed by atoms with Gasteiger partial charge in [0.1, 0.15) is 0 Å². The molecule has 0 radical (unpaired) electrons. The van der Waals surface area contributed by atoms with E-state index in [1.165, 1.54) is 27.8 Å². The van der Waals surface area contributed by atoms with Gasteiger partial charge in [-0.15, -0.1) is 0 Å². The molecular formula is C74H64N4OPt-2. The molecule has 3 heterocycles. The first-order chi connectivity index (χ1) is 39.9. The van der Waals surface area contributed by atoms with Gasteiger partial charge in [0.05, 0.1) is 0 Å². The summed E-state index contributed by atoms with van der Waals surface area (Å²) in [5, 5.41) is 1.93. The molecule has 0 spiro atoms. The van der Waals surface area contributed by atoms with Crippen molar-refractivity contribution in [1.29, 1.82) is 0 Å². The first-order valence-electron chi connectivity index (χ1n) is 29.3. The van der Waals surface area contributed by atoms with E-state index in [-0.39, 0.29) is 22.4 Å². The van der Waals surface area contributed by atoms with E-state index in [1.54, 1.807) is 12.3 Å². The molecule has 0 saturated heterocycles. The molecule has 2 unspecified atom stereocenters. The van der Waals surface area contributed by atoms with E-state index in [1.807, 2.05) is 65.2 Å². The normalized spacial score (nSPS) is 15.4. The standard InChI is InChI=1S/C74H64N4O.Pt/c1-48-31-37-66(76-47-77(69-30-19-18-29-68(69)76)72-60(51-23-14-10-15-24-51)27-20-28-61(72)54-40-55(73(3,4)5)43-56(41-54)74(6,7)8)64-44-57(33-35-59(48)64)79-58-34-36-62-63-42-53(50-21-12-9-13-22-50)32-38-67(63)78(70(62)45-58)71-39-49(2)65(46-75-71)52-25-16-11-17-26-52;/h9-30,32-36,38-43,46,48,66H,31,37H2,1-8H3;/q-2;/i2D3;. The Balaban J connectivity index is 0.956. The van der Waals surface area contributed by atoms with Crippen LogP contribution in [0.3, 0.4) is 0 Å². The molecular weight excluding hydrogens is 1160 g/mol. The maximum absolute atomic E-state index is 8.72. The van der Waals surface area contributed by atoms with Crippen molar-refractivity contribution in [3.05, 3.63) is 250 Å². The summed E-state index contributed by atoms with van der Waals surface area (Å²) in [6.07, 6.45) is 3.62. The quantitative estimate of drug-likeness (QED) is 0.135. The number of hydrogen-bond donors (Lipinski definition) is 0. The fourth-order valence-electron chi connectivity index (χ4n) is 12.0. The van der Waals surface area contributed by atoms with Gasteiger partial charge in [0.2, 0.25) is 0 Å². The Morgan fingerprint density at radius 2 is 1.15 bits per heavy atom. The molecule has 1 aliphatic carbocycles. The molecule has 6 heteroatoms. The summed E-state index contributed by atoms with van der Waals surface area (Å²) in [5.74, 6) is 1.89. The van der Waals surface area contributed by atoms with Gasteiger partial charge in [0.25, 0.3) is 0 Å². The van der Waals surface area contributed by atoms with E-state index >= 15 is 0 Å². The van der Waals surface area contributed by atoms with Crippen LogP contribution in [0, 0.1) is 22.8 Å². The van der Waals surface area contributed by atoms with Crippen molar-refractivity contribution in [2.75, 3.05) is 0 Å². The van der Waals surface area contributed by atoms with Crippen molar-refractivity contribution < 1.29 is 28.2 Å². The van der Waals surface area contributed by atoms with E-state index in [9.17, 15) is 0 Å². The van der Waals surface area contributed by atoms with Crippen LogP contribution in [0.2, 0.25) is 0 Å². The Labute approximate surface area is 485 Å². The second kappa shape index (κ2) is 20.2. The number of fused-ring (bicyclic) bond motifs is 5. The van der Waals surface area contributed by atoms with Crippen LogP contribution in [0.1, 0.15) is 105 Å². The van der Waals surface area contributed by atoms with Crippen LogP contribution in [-0.2, 0) is 30.2 Å². The summed E-state index contributed by atoms with van der Waals surface area (Å²) in [6.45, 7) is 13.8. The van der Waals surface area contributed by atoms with Crippen molar-refractivity contribution in [3.8, 4) is 67.5 Å². The predicted octanol–water partition coefficient (Wildman–Crippen LogP) is 19.5. The van der Waals surface area contributed by atoms with Gasteiger partial charge in [0.15, 0.2) is 0 Å². The van der Waals surface area contributed by atoms with Gasteiger partial charge in [0, 0.05) is 15.9 Å². The summed E-state index contributed by atoms with van der Waals surface area (Å²) < 4.78 is 41.3. The van der Waals surface area contributed by atoms with Crippen LogP contribution in [-0.4, -0.2) is 18.7 Å². The topological polar surface area (TPSA) is 36.9 Å². The number of pyridine rings is 1. The van der Waals surface area contributed by atoms with Crippen molar-refractivity contribution in [2.45, 2.75) is 90.9 Å². The van der Waals surface area contributed by atoms with Gasteiger partial charge < -0.3 is 0 Å². The summed E-state index contributed by atoms with van der Waals surface area (Å²) in [7, 11) is 0. The van der Waals surface area contributed by atoms with Gasteiger partial charge >= 0.3 is 353 Å². The van der Waals surface area contributed by atoms with Gasteiger partial charge in [-0.05, 0) is 41.2 Å². The third kappa shape index (κ3) is 9.20. The smallest absolute Gasteiger partial charge is 0.238 e. The zero-order valence-electron chi connectivity index (χ0n) is 49.2. The first-order valence-corrected chi connectivity index (χ1v) is 28.9. The van der Waals surface area contributed by atoms with Gasteiger partial charge in [-0.2, -0.15) is 0 Å². The van der Waals surface area contributed by atoms with Crippen molar-refractivity contribution in [3.63, 3.8) is 0 Å². The van der Waals surface area contributed by atoms with Gasteiger partial charge in [-0.1, -0.05) is 72.8 Å². The number of aryl methyl sites for hydroxylation is 1. The molecule has 3 aromatic heterocycles. The Kier molecular flexibility index (Phi) is 12.1. The number of nitrogens with zero attached hydrogens (tertiary/aromatic N) is 4.